The molecule has 0 bridgehead atoms. The second kappa shape index (κ2) is 9.69. The van der Waals surface area contributed by atoms with Gasteiger partial charge in [-0.1, -0.05) is 139 Å². The first kappa shape index (κ1) is 24.9. The SMILES string of the molecule is Cc1ccc2c(-c3cccc4ccccc34)c3ccccc3c(-c3cccc(-n4c5ccccc5c5ccccc54)c3)c2c1. The van der Waals surface area contributed by atoms with E-state index < -0.39 is 0 Å². The Morgan fingerprint density at radius 2 is 0.955 bits per heavy atom. The Kier molecular flexibility index (Phi) is 5.48. The molecule has 1 heterocycles. The summed E-state index contributed by atoms with van der Waals surface area (Å²) < 4.78 is 2.41. The number of aromatic nitrogens is 1. The van der Waals surface area contributed by atoms with Crippen LogP contribution in [0, 0.1) is 6.92 Å². The van der Waals surface area contributed by atoms with Gasteiger partial charge in [0, 0.05) is 16.5 Å². The monoisotopic (exact) mass is 559 g/mol. The zero-order chi connectivity index (χ0) is 29.2. The predicted octanol–water partition coefficient (Wildman–Crippen LogP) is 11.9. The maximum absolute atomic E-state index is 2.41. The van der Waals surface area contributed by atoms with E-state index in [-0.39, 0.29) is 0 Å². The van der Waals surface area contributed by atoms with Gasteiger partial charge >= 0.3 is 0 Å². The molecule has 0 aliphatic heterocycles. The minimum Gasteiger partial charge on any atom is -0.309 e. The lowest BCUT2D eigenvalue weighted by Gasteiger charge is -2.20. The number of para-hydroxylation sites is 2. The molecule has 8 aromatic carbocycles. The Balaban J connectivity index is 1.38. The van der Waals surface area contributed by atoms with Crippen molar-refractivity contribution in [1.29, 1.82) is 0 Å². The lowest BCUT2D eigenvalue weighted by atomic mass is 9.84. The summed E-state index contributed by atoms with van der Waals surface area (Å²) in [5, 5.41) is 10.2. The van der Waals surface area contributed by atoms with Crippen molar-refractivity contribution in [3.63, 3.8) is 0 Å². The molecule has 0 aliphatic rings. The van der Waals surface area contributed by atoms with Crippen molar-refractivity contribution in [2.24, 2.45) is 0 Å². The first-order valence-electron chi connectivity index (χ1n) is 15.3. The highest BCUT2D eigenvalue weighted by Gasteiger charge is 2.19. The number of fused-ring (bicyclic) bond motifs is 6. The third-order valence-corrected chi connectivity index (χ3v) is 9.21. The highest BCUT2D eigenvalue weighted by Crippen LogP contribution is 2.46. The van der Waals surface area contributed by atoms with Crippen molar-refractivity contribution in [2.45, 2.75) is 6.92 Å². The van der Waals surface area contributed by atoms with Gasteiger partial charge in [-0.15, -0.1) is 0 Å². The molecular formula is C43H29N. The van der Waals surface area contributed by atoms with Crippen molar-refractivity contribution in [1.82, 2.24) is 4.57 Å². The summed E-state index contributed by atoms with van der Waals surface area (Å²) in [6, 6.07) is 57.9. The molecule has 9 aromatic rings. The van der Waals surface area contributed by atoms with Gasteiger partial charge < -0.3 is 4.57 Å². The minimum absolute atomic E-state index is 1.17. The van der Waals surface area contributed by atoms with Crippen molar-refractivity contribution in [3.05, 3.63) is 163 Å². The summed E-state index contributed by atoms with van der Waals surface area (Å²) in [6.45, 7) is 2.20. The van der Waals surface area contributed by atoms with E-state index in [0.717, 1.165) is 0 Å². The first-order chi connectivity index (χ1) is 21.8. The van der Waals surface area contributed by atoms with Crippen LogP contribution in [0.15, 0.2) is 158 Å². The number of rotatable bonds is 3. The van der Waals surface area contributed by atoms with Gasteiger partial charge in [-0.05, 0) is 85.8 Å². The van der Waals surface area contributed by atoms with Gasteiger partial charge in [-0.25, -0.2) is 0 Å². The zero-order valence-electron chi connectivity index (χ0n) is 24.5. The van der Waals surface area contributed by atoms with Gasteiger partial charge in [0.1, 0.15) is 0 Å². The Hall–Kier alpha value is -5.66. The van der Waals surface area contributed by atoms with E-state index in [1.807, 2.05) is 0 Å². The first-order valence-corrected chi connectivity index (χ1v) is 15.3. The number of aryl methyl sites for hydroxylation is 1. The third kappa shape index (κ3) is 3.66. The summed E-state index contributed by atoms with van der Waals surface area (Å²) in [5.74, 6) is 0. The second-order valence-electron chi connectivity index (χ2n) is 11.8. The van der Waals surface area contributed by atoms with E-state index in [2.05, 4.69) is 169 Å². The number of benzene rings is 8. The number of nitrogens with zero attached hydrogens (tertiary/aromatic N) is 1. The van der Waals surface area contributed by atoms with E-state index in [1.54, 1.807) is 0 Å². The van der Waals surface area contributed by atoms with Crippen LogP contribution in [0.25, 0.3) is 82.1 Å². The highest BCUT2D eigenvalue weighted by atomic mass is 15.0. The van der Waals surface area contributed by atoms with E-state index in [9.17, 15) is 0 Å². The van der Waals surface area contributed by atoms with Gasteiger partial charge in [0.2, 0.25) is 0 Å². The van der Waals surface area contributed by atoms with Gasteiger partial charge in [-0.3, -0.25) is 0 Å². The molecule has 206 valence electrons. The summed E-state index contributed by atoms with van der Waals surface area (Å²) in [6.07, 6.45) is 0. The Morgan fingerprint density at radius 3 is 1.70 bits per heavy atom. The number of hydrogen-bond acceptors (Lipinski definition) is 0. The van der Waals surface area contributed by atoms with Crippen molar-refractivity contribution in [2.75, 3.05) is 0 Å². The smallest absolute Gasteiger partial charge is 0.0541 e. The largest absolute Gasteiger partial charge is 0.309 e. The molecule has 44 heavy (non-hydrogen) atoms. The number of hydrogen-bond donors (Lipinski definition) is 0. The Labute approximate surface area is 256 Å². The van der Waals surface area contributed by atoms with E-state index in [4.69, 9.17) is 0 Å². The molecule has 0 atom stereocenters. The van der Waals surface area contributed by atoms with Crippen LogP contribution in [0.2, 0.25) is 0 Å². The molecule has 0 N–H and O–H groups in total. The van der Waals surface area contributed by atoms with Crippen molar-refractivity contribution < 1.29 is 0 Å². The van der Waals surface area contributed by atoms with Gasteiger partial charge in [0.15, 0.2) is 0 Å². The summed E-state index contributed by atoms with van der Waals surface area (Å²) in [4.78, 5) is 0. The molecule has 0 saturated heterocycles. The highest BCUT2D eigenvalue weighted by molar-refractivity contribution is 6.23. The van der Waals surface area contributed by atoms with Crippen LogP contribution >= 0.6 is 0 Å². The molecule has 0 aliphatic carbocycles. The van der Waals surface area contributed by atoms with E-state index >= 15 is 0 Å². The fraction of sp³-hybridized carbons (Fsp3) is 0.0233. The van der Waals surface area contributed by atoms with Crippen molar-refractivity contribution >= 4 is 54.1 Å². The Morgan fingerprint density at radius 1 is 0.386 bits per heavy atom. The van der Waals surface area contributed by atoms with Crippen LogP contribution in [0.1, 0.15) is 5.56 Å². The molecule has 0 unspecified atom stereocenters. The predicted molar refractivity (Wildman–Crippen MR) is 189 cm³/mol. The van der Waals surface area contributed by atoms with E-state index in [1.165, 1.54) is 87.6 Å². The molecule has 0 fully saturated rings. The van der Waals surface area contributed by atoms with Crippen LogP contribution in [-0.4, -0.2) is 4.57 Å². The second-order valence-corrected chi connectivity index (χ2v) is 11.8. The average Bonchev–Trinajstić information content (AvgIpc) is 3.41. The molecule has 0 spiro atoms. The van der Waals surface area contributed by atoms with Crippen LogP contribution in [0.3, 0.4) is 0 Å². The molecule has 0 radical (unpaired) electrons. The quantitative estimate of drug-likeness (QED) is 0.190. The lowest BCUT2D eigenvalue weighted by molar-refractivity contribution is 1.18. The summed E-state index contributed by atoms with van der Waals surface area (Å²) >= 11 is 0. The third-order valence-electron chi connectivity index (χ3n) is 9.21. The molecule has 9 rings (SSSR count). The standard InChI is InChI=1S/C43H29N/c1-28-24-25-38-39(26-28)42(36-19-4-5-20-37(36)43(38)35-21-11-13-29-12-2-3-16-32(29)35)30-14-10-15-31(27-30)44-40-22-8-6-17-33(40)34-18-7-9-23-41(34)44/h2-27H,1H3. The van der Waals surface area contributed by atoms with Crippen LogP contribution in [0.5, 0.6) is 0 Å². The maximum Gasteiger partial charge on any atom is 0.0541 e. The van der Waals surface area contributed by atoms with E-state index in [0.29, 0.717) is 0 Å². The van der Waals surface area contributed by atoms with Crippen molar-refractivity contribution in [3.8, 4) is 27.9 Å². The summed E-state index contributed by atoms with van der Waals surface area (Å²) in [7, 11) is 0. The van der Waals surface area contributed by atoms with Gasteiger partial charge in [-0.2, -0.15) is 0 Å². The minimum atomic E-state index is 1.17. The Bertz CT molecular complexity index is 2510. The lowest BCUT2D eigenvalue weighted by Crippen LogP contribution is -1.96. The van der Waals surface area contributed by atoms with Gasteiger partial charge in [0.25, 0.3) is 0 Å². The van der Waals surface area contributed by atoms with Crippen LogP contribution in [-0.2, 0) is 0 Å². The maximum atomic E-state index is 2.41. The summed E-state index contributed by atoms with van der Waals surface area (Å²) in [5.41, 5.74) is 9.96. The zero-order valence-corrected chi connectivity index (χ0v) is 24.5. The van der Waals surface area contributed by atoms with Crippen LogP contribution in [0.4, 0.5) is 0 Å². The average molecular weight is 560 g/mol. The van der Waals surface area contributed by atoms with Gasteiger partial charge in [0.05, 0.1) is 11.0 Å². The molecule has 0 amide bonds. The fourth-order valence-electron chi connectivity index (χ4n) is 7.34. The van der Waals surface area contributed by atoms with Crippen LogP contribution < -0.4 is 0 Å². The molecule has 1 heteroatoms. The normalized spacial score (nSPS) is 11.8. The topological polar surface area (TPSA) is 4.93 Å². The molecular weight excluding hydrogens is 530 g/mol. The molecule has 0 saturated carbocycles. The molecule has 1 aromatic heterocycles. The fourth-order valence-corrected chi connectivity index (χ4v) is 7.34. The molecule has 1 nitrogen and oxygen atoms in total.